The molecule has 0 aliphatic heterocycles. The summed E-state index contributed by atoms with van der Waals surface area (Å²) in [4.78, 5) is 0. The zero-order valence-corrected chi connectivity index (χ0v) is 20.1. The molecule has 0 bridgehead atoms. The third-order valence-corrected chi connectivity index (χ3v) is 4.11. The van der Waals surface area contributed by atoms with E-state index < -0.39 is 0 Å². The SMILES string of the molecule is CC.CC.CC.CC.CC.c1ccc(C2(c3ccccc3)CCCC2)cc1. The molecule has 2 aromatic carbocycles. The van der Waals surface area contributed by atoms with Gasteiger partial charge in [0.2, 0.25) is 0 Å². The van der Waals surface area contributed by atoms with Gasteiger partial charge in [0.05, 0.1) is 0 Å². The first-order chi connectivity index (χ1) is 13.4. The highest BCUT2D eigenvalue weighted by atomic mass is 14.4. The van der Waals surface area contributed by atoms with E-state index in [0.29, 0.717) is 0 Å². The highest BCUT2D eigenvalue weighted by Crippen LogP contribution is 2.46. The van der Waals surface area contributed by atoms with Crippen molar-refractivity contribution in [2.24, 2.45) is 0 Å². The van der Waals surface area contributed by atoms with Crippen LogP contribution in [0.3, 0.4) is 0 Å². The zero-order valence-electron chi connectivity index (χ0n) is 20.1. The lowest BCUT2D eigenvalue weighted by Crippen LogP contribution is -2.23. The van der Waals surface area contributed by atoms with Gasteiger partial charge in [-0.15, -0.1) is 0 Å². The summed E-state index contributed by atoms with van der Waals surface area (Å²) in [6, 6.07) is 22.0. The van der Waals surface area contributed by atoms with E-state index in [-0.39, 0.29) is 5.41 Å². The van der Waals surface area contributed by atoms with Crippen molar-refractivity contribution >= 4 is 0 Å². The van der Waals surface area contributed by atoms with Crippen molar-refractivity contribution in [1.29, 1.82) is 0 Å². The van der Waals surface area contributed by atoms with Gasteiger partial charge in [0.15, 0.2) is 0 Å². The summed E-state index contributed by atoms with van der Waals surface area (Å²) in [5.41, 5.74) is 3.26. The maximum Gasteiger partial charge on any atom is 0.0202 e. The summed E-state index contributed by atoms with van der Waals surface area (Å²) < 4.78 is 0. The van der Waals surface area contributed by atoms with Gasteiger partial charge in [0, 0.05) is 5.41 Å². The second-order valence-corrected chi connectivity index (χ2v) is 5.02. The Morgan fingerprint density at radius 3 is 0.963 bits per heavy atom. The van der Waals surface area contributed by atoms with Gasteiger partial charge in [-0.25, -0.2) is 0 Å². The van der Waals surface area contributed by atoms with Gasteiger partial charge in [-0.1, -0.05) is 143 Å². The van der Waals surface area contributed by atoms with Crippen LogP contribution in [-0.2, 0) is 5.41 Å². The topological polar surface area (TPSA) is 0 Å². The summed E-state index contributed by atoms with van der Waals surface area (Å²) >= 11 is 0. The van der Waals surface area contributed by atoms with Crippen LogP contribution in [0.5, 0.6) is 0 Å². The Bertz CT molecular complexity index is 422. The molecule has 0 saturated heterocycles. The predicted molar refractivity (Wildman–Crippen MR) is 129 cm³/mol. The molecule has 156 valence electrons. The quantitative estimate of drug-likeness (QED) is 0.492. The standard InChI is InChI=1S/C17H18.5C2H6/c1-3-9-15(10-4-1)17(13-7-8-14-17)16-11-5-2-6-12-16;5*1-2/h1-6,9-12H,7-8,13-14H2;5*1-2H3. The molecule has 27 heavy (non-hydrogen) atoms. The van der Waals surface area contributed by atoms with E-state index in [2.05, 4.69) is 60.7 Å². The third-order valence-electron chi connectivity index (χ3n) is 4.11. The molecule has 1 saturated carbocycles. The molecule has 0 amide bonds. The summed E-state index contributed by atoms with van der Waals surface area (Å²) in [5.74, 6) is 0. The molecule has 3 rings (SSSR count). The Morgan fingerprint density at radius 1 is 0.444 bits per heavy atom. The minimum absolute atomic E-state index is 0.280. The van der Waals surface area contributed by atoms with Crippen molar-refractivity contribution in [3.8, 4) is 0 Å². The molecule has 1 aliphatic rings. The summed E-state index contributed by atoms with van der Waals surface area (Å²) in [6.45, 7) is 20.0. The molecular formula is C27H48. The van der Waals surface area contributed by atoms with Crippen LogP contribution in [0.25, 0.3) is 0 Å². The highest BCUT2D eigenvalue weighted by molar-refractivity contribution is 5.40. The van der Waals surface area contributed by atoms with Gasteiger partial charge in [-0.3, -0.25) is 0 Å². The molecule has 1 aliphatic carbocycles. The maximum absolute atomic E-state index is 2.29. The molecule has 1 fully saturated rings. The average molecular weight is 373 g/mol. The average Bonchev–Trinajstić information content (AvgIpc) is 3.33. The Labute approximate surface area is 172 Å². The smallest absolute Gasteiger partial charge is 0.0202 e. The molecule has 0 heterocycles. The van der Waals surface area contributed by atoms with E-state index >= 15 is 0 Å². The Morgan fingerprint density at radius 2 is 0.704 bits per heavy atom. The van der Waals surface area contributed by atoms with Crippen LogP contribution >= 0.6 is 0 Å². The highest BCUT2D eigenvalue weighted by Gasteiger charge is 2.36. The van der Waals surface area contributed by atoms with Crippen molar-refractivity contribution in [3.63, 3.8) is 0 Å². The van der Waals surface area contributed by atoms with Gasteiger partial charge < -0.3 is 0 Å². The van der Waals surface area contributed by atoms with Gasteiger partial charge in [0.25, 0.3) is 0 Å². The fourth-order valence-corrected chi connectivity index (χ4v) is 3.24. The second kappa shape index (κ2) is 22.5. The zero-order chi connectivity index (χ0) is 21.6. The van der Waals surface area contributed by atoms with E-state index in [1.54, 1.807) is 0 Å². The van der Waals surface area contributed by atoms with E-state index in [9.17, 15) is 0 Å². The minimum Gasteiger partial charge on any atom is -0.0683 e. The Hall–Kier alpha value is -1.56. The number of hydrogen-bond donors (Lipinski definition) is 0. The fourth-order valence-electron chi connectivity index (χ4n) is 3.24. The first-order valence-electron chi connectivity index (χ1n) is 11.5. The Kier molecular flexibility index (Phi) is 25.1. The van der Waals surface area contributed by atoms with Crippen LogP contribution in [0.15, 0.2) is 60.7 Å². The third kappa shape index (κ3) is 9.80. The largest absolute Gasteiger partial charge is 0.0683 e. The molecule has 0 radical (unpaired) electrons. The lowest BCUT2D eigenvalue weighted by atomic mass is 9.73. The maximum atomic E-state index is 2.29. The minimum atomic E-state index is 0.280. The van der Waals surface area contributed by atoms with Crippen LogP contribution in [0.2, 0.25) is 0 Å². The molecule has 0 atom stereocenters. The van der Waals surface area contributed by atoms with Crippen molar-refractivity contribution in [2.75, 3.05) is 0 Å². The monoisotopic (exact) mass is 372 g/mol. The number of hydrogen-bond acceptors (Lipinski definition) is 0. The molecule has 0 aromatic heterocycles. The molecule has 0 heteroatoms. The van der Waals surface area contributed by atoms with Crippen LogP contribution < -0.4 is 0 Å². The van der Waals surface area contributed by atoms with Crippen LogP contribution in [0.1, 0.15) is 106 Å². The van der Waals surface area contributed by atoms with Crippen molar-refractivity contribution in [3.05, 3.63) is 71.8 Å². The first-order valence-corrected chi connectivity index (χ1v) is 11.5. The number of rotatable bonds is 2. The summed E-state index contributed by atoms with van der Waals surface area (Å²) in [5, 5.41) is 0. The number of benzene rings is 2. The molecule has 2 aromatic rings. The van der Waals surface area contributed by atoms with E-state index in [4.69, 9.17) is 0 Å². The van der Waals surface area contributed by atoms with Gasteiger partial charge in [-0.2, -0.15) is 0 Å². The van der Waals surface area contributed by atoms with Crippen LogP contribution in [-0.4, -0.2) is 0 Å². The van der Waals surface area contributed by atoms with Crippen molar-refractivity contribution in [2.45, 2.75) is 100 Å². The van der Waals surface area contributed by atoms with Gasteiger partial charge in [0.1, 0.15) is 0 Å². The van der Waals surface area contributed by atoms with E-state index in [1.807, 2.05) is 69.2 Å². The molecule has 0 unspecified atom stereocenters. The first kappa shape index (κ1) is 30.2. The van der Waals surface area contributed by atoms with E-state index in [0.717, 1.165) is 0 Å². The van der Waals surface area contributed by atoms with E-state index in [1.165, 1.54) is 36.8 Å². The van der Waals surface area contributed by atoms with Gasteiger partial charge >= 0.3 is 0 Å². The Balaban J connectivity index is -0.000000504. The van der Waals surface area contributed by atoms with Crippen LogP contribution in [0, 0.1) is 0 Å². The van der Waals surface area contributed by atoms with Crippen molar-refractivity contribution < 1.29 is 0 Å². The molecule has 0 nitrogen and oxygen atoms in total. The van der Waals surface area contributed by atoms with Crippen molar-refractivity contribution in [1.82, 2.24) is 0 Å². The summed E-state index contributed by atoms with van der Waals surface area (Å²) in [7, 11) is 0. The van der Waals surface area contributed by atoms with Crippen LogP contribution in [0.4, 0.5) is 0 Å². The molecular weight excluding hydrogens is 324 g/mol. The lowest BCUT2D eigenvalue weighted by molar-refractivity contribution is 0.535. The predicted octanol–water partition coefficient (Wildman–Crippen LogP) is 9.68. The second-order valence-electron chi connectivity index (χ2n) is 5.02. The van der Waals surface area contributed by atoms with Gasteiger partial charge in [-0.05, 0) is 24.0 Å². The lowest BCUT2D eigenvalue weighted by Gasteiger charge is -2.30. The molecule has 0 N–H and O–H groups in total. The molecule has 0 spiro atoms. The summed E-state index contributed by atoms with van der Waals surface area (Å²) in [6.07, 6.45) is 5.29. The fraction of sp³-hybridized carbons (Fsp3) is 0.556. The normalized spacial score (nSPS) is 12.5.